The van der Waals surface area contributed by atoms with Crippen molar-refractivity contribution in [1.82, 2.24) is 0 Å². The van der Waals surface area contributed by atoms with Crippen molar-refractivity contribution in [3.8, 4) is 0 Å². The molecule has 0 spiro atoms. The van der Waals surface area contributed by atoms with Gasteiger partial charge in [-0.1, -0.05) is 38.5 Å². The SMILES string of the molecule is NC1CCCC[C@H]1N.NC1CCCC[C@H]1N.NC1CCCC[C@H]1N.O.O.[OH3+].[OH3+].[Pt].[Pt].[Pt]. The van der Waals surface area contributed by atoms with Crippen LogP contribution in [-0.4, -0.2) is 47.2 Å². The molecular weight excluding hydrogens is 949 g/mol. The van der Waals surface area contributed by atoms with Gasteiger partial charge >= 0.3 is 0 Å². The summed E-state index contributed by atoms with van der Waals surface area (Å²) in [6.07, 6.45) is 14.4. The zero-order chi connectivity index (χ0) is 17.9. The van der Waals surface area contributed by atoms with E-state index in [1.165, 1.54) is 38.5 Å². The molecule has 0 aromatic heterocycles. The number of hydrogen-bond donors (Lipinski definition) is 6. The minimum absolute atomic E-state index is 0. The Morgan fingerprint density at radius 2 is 0.419 bits per heavy atom. The van der Waals surface area contributed by atoms with Crippen LogP contribution in [0.2, 0.25) is 0 Å². The van der Waals surface area contributed by atoms with Gasteiger partial charge in [0.15, 0.2) is 0 Å². The first kappa shape index (κ1) is 49.7. The predicted molar refractivity (Wildman–Crippen MR) is 120 cm³/mol. The maximum absolute atomic E-state index is 5.65. The number of hydrogen-bond acceptors (Lipinski definition) is 6. The quantitative estimate of drug-likeness (QED) is 0.139. The summed E-state index contributed by atoms with van der Waals surface area (Å²) in [5, 5.41) is 0. The third-order valence-electron chi connectivity index (χ3n) is 5.62. The molecule has 3 aliphatic rings. The molecule has 3 saturated carbocycles. The van der Waals surface area contributed by atoms with Crippen LogP contribution in [0, 0.1) is 0 Å². The van der Waals surface area contributed by atoms with E-state index in [-0.39, 0.29) is 121 Å². The van der Waals surface area contributed by atoms with E-state index in [1.807, 2.05) is 0 Å². The van der Waals surface area contributed by atoms with E-state index in [0.29, 0.717) is 0 Å². The Balaban J connectivity index is -0.0000000501. The first-order valence-corrected chi connectivity index (χ1v) is 9.95. The first-order valence-electron chi connectivity index (χ1n) is 9.95. The number of nitrogens with two attached hydrogens (primary N) is 6. The minimum atomic E-state index is 0. The Bertz CT molecular complexity index is 267. The van der Waals surface area contributed by atoms with Crippen LogP contribution < -0.4 is 34.4 Å². The van der Waals surface area contributed by atoms with E-state index in [0.717, 1.165) is 38.5 Å². The van der Waals surface area contributed by atoms with Gasteiger partial charge in [-0.15, -0.1) is 0 Å². The molecule has 0 bridgehead atoms. The summed E-state index contributed by atoms with van der Waals surface area (Å²) in [7, 11) is 0. The van der Waals surface area contributed by atoms with Crippen molar-refractivity contribution in [1.29, 1.82) is 0 Å². The molecule has 0 aliphatic heterocycles. The van der Waals surface area contributed by atoms with Gasteiger partial charge < -0.3 is 56.3 Å². The standard InChI is InChI=1S/3C6H14N2.4H2O.3Pt/c3*7-5-3-1-2-4-6(5)8;;;;;;;/h3*5-6H,1-4,7-8H2;4*1H2;;;/p+2/t3*5-,6?;;;;;;;/m111......./s1. The van der Waals surface area contributed by atoms with E-state index in [2.05, 4.69) is 0 Å². The molecule has 10 nitrogen and oxygen atoms in total. The fourth-order valence-electron chi connectivity index (χ4n) is 3.56. The molecule has 6 atom stereocenters. The Morgan fingerprint density at radius 3 is 0.484 bits per heavy atom. The summed E-state index contributed by atoms with van der Waals surface area (Å²) in [5.74, 6) is 0. The fourth-order valence-corrected chi connectivity index (χ4v) is 3.56. The average molecular weight is 1000 g/mol. The zero-order valence-electron chi connectivity index (χ0n) is 18.5. The van der Waals surface area contributed by atoms with Crippen LogP contribution in [-0.2, 0) is 74.1 Å². The van der Waals surface area contributed by atoms with Gasteiger partial charge in [-0.3, -0.25) is 0 Å². The third kappa shape index (κ3) is 23.2. The molecule has 3 unspecified atom stereocenters. The Hall–Kier alpha value is 1.66. The third-order valence-corrected chi connectivity index (χ3v) is 5.62. The van der Waals surface area contributed by atoms with Crippen LogP contribution in [0.1, 0.15) is 77.0 Å². The van der Waals surface area contributed by atoms with Gasteiger partial charge in [0.05, 0.1) is 0 Å². The van der Waals surface area contributed by atoms with Crippen molar-refractivity contribution >= 4 is 0 Å². The Kier molecular flexibility index (Phi) is 47.6. The van der Waals surface area contributed by atoms with Crippen LogP contribution in [0.15, 0.2) is 0 Å². The maximum atomic E-state index is 5.65. The van der Waals surface area contributed by atoms with Crippen LogP contribution in [0.25, 0.3) is 0 Å². The summed E-state index contributed by atoms with van der Waals surface area (Å²) >= 11 is 0. The summed E-state index contributed by atoms with van der Waals surface area (Å²) in [6, 6.07) is 1.69. The average Bonchev–Trinajstić information content (AvgIpc) is 2.57. The first-order chi connectivity index (χ1) is 11.4. The van der Waals surface area contributed by atoms with Crippen LogP contribution >= 0.6 is 0 Å². The monoisotopic (exact) mass is 1000 g/mol. The summed E-state index contributed by atoms with van der Waals surface area (Å²) < 4.78 is 0. The van der Waals surface area contributed by atoms with Crippen molar-refractivity contribution in [3.05, 3.63) is 0 Å². The number of rotatable bonds is 0. The summed E-state index contributed by atoms with van der Waals surface area (Å²) in [6.45, 7) is 0. The smallest absolute Gasteiger partial charge is 0.0192 e. The normalized spacial score (nSPS) is 30.8. The Labute approximate surface area is 231 Å². The molecule has 3 aliphatic carbocycles. The second kappa shape index (κ2) is 29.7. The van der Waals surface area contributed by atoms with Crippen molar-refractivity contribution < 1.29 is 85.1 Å². The van der Waals surface area contributed by atoms with Crippen molar-refractivity contribution in [2.24, 2.45) is 34.4 Å². The van der Waals surface area contributed by atoms with Gasteiger partial charge in [0.2, 0.25) is 0 Å². The molecule has 0 heterocycles. The summed E-state index contributed by atoms with van der Waals surface area (Å²) in [4.78, 5) is 0. The molecule has 0 aromatic rings. The molecule has 206 valence electrons. The molecule has 0 radical (unpaired) electrons. The molecule has 0 saturated heterocycles. The van der Waals surface area contributed by atoms with Crippen molar-refractivity contribution in [3.63, 3.8) is 0 Å². The maximum Gasteiger partial charge on any atom is 0.0192 e. The molecular formula is C18H52N6O4Pt3+2. The van der Waals surface area contributed by atoms with Gasteiger partial charge in [-0.25, -0.2) is 0 Å². The van der Waals surface area contributed by atoms with Gasteiger partial charge in [-0.2, -0.15) is 0 Å². The van der Waals surface area contributed by atoms with Crippen molar-refractivity contribution in [2.45, 2.75) is 113 Å². The largest absolute Gasteiger partial charge is 0.457 e. The molecule has 0 amide bonds. The van der Waals surface area contributed by atoms with E-state index < -0.39 is 0 Å². The zero-order valence-corrected chi connectivity index (χ0v) is 25.3. The van der Waals surface area contributed by atoms with Gasteiger partial charge in [0, 0.05) is 99.4 Å². The van der Waals surface area contributed by atoms with Crippen molar-refractivity contribution in [2.75, 3.05) is 0 Å². The van der Waals surface area contributed by atoms with E-state index in [9.17, 15) is 0 Å². The van der Waals surface area contributed by atoms with E-state index in [4.69, 9.17) is 34.4 Å². The van der Waals surface area contributed by atoms with E-state index >= 15 is 0 Å². The second-order valence-electron chi connectivity index (χ2n) is 7.84. The molecule has 0 aromatic carbocycles. The van der Waals surface area contributed by atoms with Crippen LogP contribution in [0.3, 0.4) is 0 Å². The molecule has 22 N–H and O–H groups in total. The Morgan fingerprint density at radius 1 is 0.323 bits per heavy atom. The topological polar surface area (TPSA) is 285 Å². The predicted octanol–water partition coefficient (Wildman–Crippen LogP) is -2.86. The minimum Gasteiger partial charge on any atom is -0.457 e. The molecule has 3 rings (SSSR count). The van der Waals surface area contributed by atoms with Gasteiger partial charge in [0.1, 0.15) is 0 Å². The van der Waals surface area contributed by atoms with Gasteiger partial charge in [0.25, 0.3) is 0 Å². The molecule has 31 heavy (non-hydrogen) atoms. The molecule has 13 heteroatoms. The van der Waals surface area contributed by atoms with Gasteiger partial charge in [-0.05, 0) is 38.5 Å². The van der Waals surface area contributed by atoms with Crippen LogP contribution in [0.4, 0.5) is 0 Å². The molecule has 3 fully saturated rings. The van der Waals surface area contributed by atoms with Crippen LogP contribution in [0.5, 0.6) is 0 Å². The second-order valence-corrected chi connectivity index (χ2v) is 7.84. The van der Waals surface area contributed by atoms with E-state index in [1.54, 1.807) is 0 Å². The summed E-state index contributed by atoms with van der Waals surface area (Å²) in [5.41, 5.74) is 33.9. The fraction of sp³-hybridized carbons (Fsp3) is 1.00.